The van der Waals surface area contributed by atoms with Gasteiger partial charge < -0.3 is 9.26 Å². The van der Waals surface area contributed by atoms with E-state index in [0.717, 1.165) is 5.56 Å². The van der Waals surface area contributed by atoms with Gasteiger partial charge in [0.25, 0.3) is 0 Å². The van der Waals surface area contributed by atoms with E-state index in [-0.39, 0.29) is 5.92 Å². The molecule has 1 heterocycles. The third-order valence-electron chi connectivity index (χ3n) is 3.09. The summed E-state index contributed by atoms with van der Waals surface area (Å²) in [6, 6.07) is 5.52. The molecule has 0 spiro atoms. The highest BCUT2D eigenvalue weighted by atomic mass is 35.5. The Labute approximate surface area is 122 Å². The summed E-state index contributed by atoms with van der Waals surface area (Å²) >= 11 is 6.24. The van der Waals surface area contributed by atoms with E-state index in [1.165, 1.54) is 7.11 Å². The molecule has 0 aliphatic carbocycles. The number of aryl methyl sites for hydroxylation is 1. The van der Waals surface area contributed by atoms with E-state index >= 15 is 0 Å². The van der Waals surface area contributed by atoms with E-state index in [1.54, 1.807) is 6.07 Å². The summed E-state index contributed by atoms with van der Waals surface area (Å²) in [6.07, 6.45) is 0. The highest BCUT2D eigenvalue weighted by Gasteiger charge is 2.28. The highest BCUT2D eigenvalue weighted by molar-refractivity contribution is 6.33. The number of nitrogens with zero attached hydrogens (tertiary/aromatic N) is 1. The Bertz CT molecular complexity index is 626. The molecule has 20 heavy (non-hydrogen) atoms. The Morgan fingerprint density at radius 2 is 2.10 bits per heavy atom. The quantitative estimate of drug-likeness (QED) is 0.795. The predicted octanol–water partition coefficient (Wildman–Crippen LogP) is 4.21. The molecule has 0 aliphatic heterocycles. The lowest BCUT2D eigenvalue weighted by molar-refractivity contribution is 0.0598. The van der Waals surface area contributed by atoms with E-state index in [2.05, 4.69) is 5.16 Å². The molecule has 0 atom stereocenters. The summed E-state index contributed by atoms with van der Waals surface area (Å²) in [5, 5.41) is 4.56. The maximum atomic E-state index is 12.1. The molecule has 0 bridgehead atoms. The number of aromatic nitrogens is 1. The van der Waals surface area contributed by atoms with Crippen molar-refractivity contribution in [2.24, 2.45) is 0 Å². The van der Waals surface area contributed by atoms with Crippen LogP contribution < -0.4 is 0 Å². The summed E-state index contributed by atoms with van der Waals surface area (Å²) in [6.45, 7) is 5.76. The SMILES string of the molecule is COC(=O)c1c(-c2c(C)cccc2Cl)noc1C(C)C. The third kappa shape index (κ3) is 2.43. The summed E-state index contributed by atoms with van der Waals surface area (Å²) in [7, 11) is 1.34. The number of rotatable bonds is 3. The molecule has 0 fully saturated rings. The second-order valence-corrected chi connectivity index (χ2v) is 5.26. The number of ether oxygens (including phenoxy) is 1. The number of hydrogen-bond donors (Lipinski definition) is 0. The van der Waals surface area contributed by atoms with Crippen LogP contribution in [0.2, 0.25) is 5.02 Å². The first kappa shape index (κ1) is 14.6. The lowest BCUT2D eigenvalue weighted by Gasteiger charge is -2.08. The molecule has 0 radical (unpaired) electrons. The Kier molecular flexibility index (Phi) is 4.14. The van der Waals surface area contributed by atoms with Gasteiger partial charge in [-0.05, 0) is 18.6 Å². The molecule has 2 rings (SSSR count). The van der Waals surface area contributed by atoms with Crippen molar-refractivity contribution in [1.82, 2.24) is 5.16 Å². The Balaban J connectivity index is 2.72. The van der Waals surface area contributed by atoms with Gasteiger partial charge in [0.05, 0.1) is 12.1 Å². The average Bonchev–Trinajstić information content (AvgIpc) is 2.82. The maximum absolute atomic E-state index is 12.1. The molecule has 0 saturated heterocycles. The molecule has 4 nitrogen and oxygen atoms in total. The standard InChI is InChI=1S/C15H16ClNO3/c1-8(2)14-12(15(18)19-4)13(17-20-14)11-9(3)6-5-7-10(11)16/h5-8H,1-4H3. The van der Waals surface area contributed by atoms with E-state index < -0.39 is 5.97 Å². The lowest BCUT2D eigenvalue weighted by Crippen LogP contribution is -2.06. The van der Waals surface area contributed by atoms with Crippen LogP contribution in [0.25, 0.3) is 11.3 Å². The predicted molar refractivity (Wildman–Crippen MR) is 77.1 cm³/mol. The second kappa shape index (κ2) is 5.67. The molecule has 0 aliphatic rings. The van der Waals surface area contributed by atoms with Crippen LogP contribution in [-0.4, -0.2) is 18.2 Å². The monoisotopic (exact) mass is 293 g/mol. The van der Waals surface area contributed by atoms with E-state index in [9.17, 15) is 4.79 Å². The van der Waals surface area contributed by atoms with Crippen LogP contribution in [0.15, 0.2) is 22.7 Å². The number of benzene rings is 1. The number of hydrogen-bond acceptors (Lipinski definition) is 4. The zero-order valence-corrected chi connectivity index (χ0v) is 12.6. The summed E-state index contributed by atoms with van der Waals surface area (Å²) < 4.78 is 10.2. The molecular formula is C15H16ClNO3. The van der Waals surface area contributed by atoms with Crippen LogP contribution in [0.1, 0.15) is 41.4 Å². The van der Waals surface area contributed by atoms with E-state index in [0.29, 0.717) is 27.6 Å². The van der Waals surface area contributed by atoms with Gasteiger partial charge in [-0.1, -0.05) is 42.7 Å². The Morgan fingerprint density at radius 3 is 2.65 bits per heavy atom. The van der Waals surface area contributed by atoms with E-state index in [4.69, 9.17) is 20.9 Å². The van der Waals surface area contributed by atoms with Crippen LogP contribution in [0, 0.1) is 6.92 Å². The normalized spacial score (nSPS) is 10.9. The number of carbonyl (C=O) groups excluding carboxylic acids is 1. The summed E-state index contributed by atoms with van der Waals surface area (Å²) in [5.41, 5.74) is 2.40. The minimum absolute atomic E-state index is 0.0214. The first-order valence-electron chi connectivity index (χ1n) is 6.30. The highest BCUT2D eigenvalue weighted by Crippen LogP contribution is 2.36. The molecule has 5 heteroatoms. The number of esters is 1. The van der Waals surface area contributed by atoms with Gasteiger partial charge in [-0.25, -0.2) is 4.79 Å². The molecule has 0 amide bonds. The van der Waals surface area contributed by atoms with Crippen molar-refractivity contribution in [3.05, 3.63) is 40.1 Å². The molecule has 1 aromatic heterocycles. The topological polar surface area (TPSA) is 52.3 Å². The minimum Gasteiger partial charge on any atom is -0.465 e. The third-order valence-corrected chi connectivity index (χ3v) is 3.41. The van der Waals surface area contributed by atoms with Gasteiger partial charge in [0, 0.05) is 11.5 Å². The zero-order valence-electron chi connectivity index (χ0n) is 11.9. The fourth-order valence-electron chi connectivity index (χ4n) is 2.10. The van der Waals surface area contributed by atoms with Crippen LogP contribution in [0.3, 0.4) is 0 Å². The smallest absolute Gasteiger partial charge is 0.343 e. The average molecular weight is 294 g/mol. The molecule has 0 unspecified atom stereocenters. The van der Waals surface area contributed by atoms with Crippen molar-refractivity contribution in [2.75, 3.05) is 7.11 Å². The molecule has 0 N–H and O–H groups in total. The molecule has 1 aromatic carbocycles. The molecule has 2 aromatic rings. The Morgan fingerprint density at radius 1 is 1.40 bits per heavy atom. The van der Waals surface area contributed by atoms with Crippen LogP contribution in [0.4, 0.5) is 0 Å². The first-order valence-corrected chi connectivity index (χ1v) is 6.68. The zero-order chi connectivity index (χ0) is 14.9. The Hall–Kier alpha value is -1.81. The van der Waals surface area contributed by atoms with Gasteiger partial charge in [0.2, 0.25) is 0 Å². The van der Waals surface area contributed by atoms with Crippen molar-refractivity contribution < 1.29 is 14.1 Å². The fourth-order valence-corrected chi connectivity index (χ4v) is 2.41. The number of halogens is 1. The fraction of sp³-hybridized carbons (Fsp3) is 0.333. The van der Waals surface area contributed by atoms with Gasteiger partial charge in [-0.3, -0.25) is 0 Å². The van der Waals surface area contributed by atoms with Crippen molar-refractivity contribution in [3.8, 4) is 11.3 Å². The van der Waals surface area contributed by atoms with Crippen molar-refractivity contribution in [1.29, 1.82) is 0 Å². The van der Waals surface area contributed by atoms with Crippen LogP contribution in [0.5, 0.6) is 0 Å². The molecular weight excluding hydrogens is 278 g/mol. The van der Waals surface area contributed by atoms with Crippen molar-refractivity contribution in [3.63, 3.8) is 0 Å². The van der Waals surface area contributed by atoms with Crippen LogP contribution in [-0.2, 0) is 4.74 Å². The van der Waals surface area contributed by atoms with Gasteiger partial charge in [0.15, 0.2) is 5.76 Å². The largest absolute Gasteiger partial charge is 0.465 e. The maximum Gasteiger partial charge on any atom is 0.343 e. The van der Waals surface area contributed by atoms with E-state index in [1.807, 2.05) is 32.9 Å². The van der Waals surface area contributed by atoms with Gasteiger partial charge in [-0.15, -0.1) is 0 Å². The van der Waals surface area contributed by atoms with Crippen molar-refractivity contribution in [2.45, 2.75) is 26.7 Å². The summed E-state index contributed by atoms with van der Waals surface area (Å²) in [5.74, 6) is 0.0589. The van der Waals surface area contributed by atoms with Gasteiger partial charge >= 0.3 is 5.97 Å². The van der Waals surface area contributed by atoms with Crippen molar-refractivity contribution >= 4 is 17.6 Å². The van der Waals surface area contributed by atoms with Gasteiger partial charge in [-0.2, -0.15) is 0 Å². The molecule has 106 valence electrons. The second-order valence-electron chi connectivity index (χ2n) is 4.85. The number of methoxy groups -OCH3 is 1. The first-order chi connectivity index (χ1) is 9.47. The van der Waals surface area contributed by atoms with Gasteiger partial charge in [0.1, 0.15) is 11.3 Å². The minimum atomic E-state index is -0.468. The number of carbonyl (C=O) groups is 1. The lowest BCUT2D eigenvalue weighted by atomic mass is 9.98. The van der Waals surface area contributed by atoms with Crippen LogP contribution >= 0.6 is 11.6 Å². The molecule has 0 saturated carbocycles. The summed E-state index contributed by atoms with van der Waals surface area (Å²) in [4.78, 5) is 12.1.